The zero-order chi connectivity index (χ0) is 18.6. The van der Waals surface area contributed by atoms with E-state index in [9.17, 15) is 17.6 Å². The van der Waals surface area contributed by atoms with Crippen LogP contribution in [0.5, 0.6) is 0 Å². The minimum absolute atomic E-state index is 0.00549. The number of alkyl halides is 4. The smallest absolute Gasteiger partial charge is 0.278 e. The van der Waals surface area contributed by atoms with Crippen molar-refractivity contribution < 1.29 is 17.6 Å². The first-order valence-corrected chi connectivity index (χ1v) is 7.80. The number of nitrogens with one attached hydrogen (secondary N) is 1. The van der Waals surface area contributed by atoms with Crippen LogP contribution in [-0.4, -0.2) is 24.7 Å². The Hall–Kier alpha value is -2.97. The summed E-state index contributed by atoms with van der Waals surface area (Å²) in [5.74, 6) is -0.00549. The van der Waals surface area contributed by atoms with Gasteiger partial charge in [-0.05, 0) is 43.7 Å². The molecule has 4 rings (SSSR count). The molecule has 3 heterocycles. The van der Waals surface area contributed by atoms with Gasteiger partial charge in [0.15, 0.2) is 11.8 Å². The van der Waals surface area contributed by atoms with Crippen LogP contribution in [-0.2, 0) is 6.18 Å². The van der Waals surface area contributed by atoms with Gasteiger partial charge in [-0.1, -0.05) is 0 Å². The lowest BCUT2D eigenvalue weighted by Crippen LogP contribution is -2.09. The molecular weight excluding hydrogens is 350 g/mol. The zero-order valence-electron chi connectivity index (χ0n) is 13.8. The van der Waals surface area contributed by atoms with Crippen molar-refractivity contribution in [2.24, 2.45) is 0 Å². The molecule has 1 aromatic carbocycles. The molecule has 0 aliphatic carbocycles. The van der Waals surface area contributed by atoms with Gasteiger partial charge in [-0.25, -0.2) is 14.4 Å². The molecule has 0 unspecified atom stereocenters. The Kier molecular flexibility index (Phi) is 3.50. The molecular formula is C17H13F4N5. The lowest BCUT2D eigenvalue weighted by molar-refractivity contribution is -0.141. The number of aryl methyl sites for hydroxylation is 1. The molecule has 0 aliphatic heterocycles. The highest BCUT2D eigenvalue weighted by Crippen LogP contribution is 2.32. The SMILES string of the molecule is Cc1cc(-n2c([C@@H](C)F)nc3ccc(C(F)(F)F)nc32)cc2cn[nH]c12. The monoisotopic (exact) mass is 363 g/mol. The van der Waals surface area contributed by atoms with Crippen molar-refractivity contribution in [1.29, 1.82) is 0 Å². The van der Waals surface area contributed by atoms with Crippen molar-refractivity contribution in [1.82, 2.24) is 24.7 Å². The number of hydrogen-bond acceptors (Lipinski definition) is 3. The molecule has 3 aromatic heterocycles. The van der Waals surface area contributed by atoms with Crippen LogP contribution in [0.1, 0.15) is 30.2 Å². The Labute approximate surface area is 144 Å². The number of nitrogens with zero attached hydrogens (tertiary/aromatic N) is 4. The van der Waals surface area contributed by atoms with Gasteiger partial charge in [0.05, 0.1) is 17.4 Å². The first-order valence-electron chi connectivity index (χ1n) is 7.80. The van der Waals surface area contributed by atoms with Crippen LogP contribution in [0.3, 0.4) is 0 Å². The van der Waals surface area contributed by atoms with Gasteiger partial charge in [-0.2, -0.15) is 18.3 Å². The Balaban J connectivity index is 2.06. The molecule has 0 amide bonds. The van der Waals surface area contributed by atoms with Crippen molar-refractivity contribution in [2.75, 3.05) is 0 Å². The fraction of sp³-hybridized carbons (Fsp3) is 0.235. The van der Waals surface area contributed by atoms with E-state index in [1.54, 1.807) is 18.3 Å². The van der Waals surface area contributed by atoms with Gasteiger partial charge in [0.1, 0.15) is 17.0 Å². The maximum absolute atomic E-state index is 14.2. The van der Waals surface area contributed by atoms with Crippen molar-refractivity contribution in [3.05, 3.63) is 47.5 Å². The third-order valence-corrected chi connectivity index (χ3v) is 4.17. The summed E-state index contributed by atoms with van der Waals surface area (Å²) in [5, 5.41) is 7.57. The number of rotatable bonds is 2. The maximum atomic E-state index is 14.2. The molecule has 1 N–H and O–H groups in total. The number of aromatic amines is 1. The molecule has 0 fully saturated rings. The van der Waals surface area contributed by atoms with Gasteiger partial charge in [0.25, 0.3) is 0 Å². The summed E-state index contributed by atoms with van der Waals surface area (Å²) >= 11 is 0. The lowest BCUT2D eigenvalue weighted by atomic mass is 10.1. The summed E-state index contributed by atoms with van der Waals surface area (Å²) in [4.78, 5) is 7.85. The third-order valence-electron chi connectivity index (χ3n) is 4.17. The molecule has 134 valence electrons. The van der Waals surface area contributed by atoms with Gasteiger partial charge in [-0.15, -0.1) is 0 Å². The third kappa shape index (κ3) is 2.51. The first-order chi connectivity index (χ1) is 12.3. The number of halogens is 4. The molecule has 0 radical (unpaired) electrons. The van der Waals surface area contributed by atoms with Crippen LogP contribution in [0, 0.1) is 6.92 Å². The van der Waals surface area contributed by atoms with E-state index in [1.807, 2.05) is 6.92 Å². The van der Waals surface area contributed by atoms with Crippen LogP contribution >= 0.6 is 0 Å². The second-order valence-electron chi connectivity index (χ2n) is 6.06. The lowest BCUT2D eigenvalue weighted by Gasteiger charge is -2.12. The fourth-order valence-electron chi connectivity index (χ4n) is 3.00. The standard InChI is InChI=1S/C17H13F4N5/c1-8-5-11(6-10-7-22-25-14(8)10)26-15(9(2)18)23-12-3-4-13(17(19,20)21)24-16(12)26/h3-7,9H,1-2H3,(H,22,25)/t9-/m1/s1. The molecule has 0 saturated carbocycles. The predicted octanol–water partition coefficient (Wildman–Crippen LogP) is 4.65. The van der Waals surface area contributed by atoms with E-state index in [0.29, 0.717) is 5.69 Å². The van der Waals surface area contributed by atoms with Crippen LogP contribution in [0.15, 0.2) is 30.5 Å². The molecule has 1 atom stereocenters. The van der Waals surface area contributed by atoms with Crippen LogP contribution in [0.4, 0.5) is 17.6 Å². The van der Waals surface area contributed by atoms with Gasteiger partial charge in [-0.3, -0.25) is 9.67 Å². The number of aromatic nitrogens is 5. The average Bonchev–Trinajstić information content (AvgIpc) is 3.17. The minimum atomic E-state index is -4.60. The van der Waals surface area contributed by atoms with Crippen molar-refractivity contribution >= 4 is 22.1 Å². The Morgan fingerprint density at radius 1 is 1.15 bits per heavy atom. The molecule has 0 spiro atoms. The van der Waals surface area contributed by atoms with E-state index >= 15 is 0 Å². The van der Waals surface area contributed by atoms with Crippen LogP contribution < -0.4 is 0 Å². The molecule has 0 aliphatic rings. The van der Waals surface area contributed by atoms with Gasteiger partial charge in [0, 0.05) is 5.39 Å². The normalized spacial score (nSPS) is 13.6. The minimum Gasteiger partial charge on any atom is -0.278 e. The topological polar surface area (TPSA) is 59.4 Å². The number of fused-ring (bicyclic) bond motifs is 2. The summed E-state index contributed by atoms with van der Waals surface area (Å²) in [6, 6.07) is 5.49. The van der Waals surface area contributed by atoms with Gasteiger partial charge in [0.2, 0.25) is 0 Å². The molecule has 4 aromatic rings. The fourth-order valence-corrected chi connectivity index (χ4v) is 3.00. The Bertz CT molecular complexity index is 1120. The second kappa shape index (κ2) is 5.52. The predicted molar refractivity (Wildman–Crippen MR) is 87.8 cm³/mol. The van der Waals surface area contributed by atoms with E-state index in [4.69, 9.17) is 0 Å². The first kappa shape index (κ1) is 16.5. The van der Waals surface area contributed by atoms with Crippen molar-refractivity contribution in [3.63, 3.8) is 0 Å². The average molecular weight is 363 g/mol. The summed E-state index contributed by atoms with van der Waals surface area (Å²) in [6.07, 6.45) is -4.49. The van der Waals surface area contributed by atoms with Gasteiger partial charge < -0.3 is 0 Å². The number of H-pyrrole nitrogens is 1. The number of hydrogen-bond donors (Lipinski definition) is 1. The largest absolute Gasteiger partial charge is 0.433 e. The van der Waals surface area contributed by atoms with E-state index < -0.39 is 18.0 Å². The van der Waals surface area contributed by atoms with E-state index in [0.717, 1.165) is 22.5 Å². The molecule has 0 bridgehead atoms. The van der Waals surface area contributed by atoms with E-state index in [-0.39, 0.29) is 17.0 Å². The molecule has 5 nitrogen and oxygen atoms in total. The number of benzene rings is 1. The summed E-state index contributed by atoms with van der Waals surface area (Å²) in [5.41, 5.74) is 1.21. The zero-order valence-corrected chi connectivity index (χ0v) is 13.8. The molecule has 9 heteroatoms. The highest BCUT2D eigenvalue weighted by molar-refractivity contribution is 5.85. The molecule has 26 heavy (non-hydrogen) atoms. The highest BCUT2D eigenvalue weighted by Gasteiger charge is 2.33. The summed E-state index contributed by atoms with van der Waals surface area (Å²) < 4.78 is 54.7. The van der Waals surface area contributed by atoms with Crippen molar-refractivity contribution in [2.45, 2.75) is 26.2 Å². The van der Waals surface area contributed by atoms with Gasteiger partial charge >= 0.3 is 6.18 Å². The second-order valence-corrected chi connectivity index (χ2v) is 6.06. The van der Waals surface area contributed by atoms with Crippen molar-refractivity contribution in [3.8, 4) is 5.69 Å². The van der Waals surface area contributed by atoms with E-state index in [2.05, 4.69) is 20.2 Å². The quantitative estimate of drug-likeness (QED) is 0.527. The maximum Gasteiger partial charge on any atom is 0.433 e. The molecule has 0 saturated heterocycles. The Morgan fingerprint density at radius 3 is 2.62 bits per heavy atom. The summed E-state index contributed by atoms with van der Waals surface area (Å²) in [6.45, 7) is 3.11. The van der Waals surface area contributed by atoms with Crippen LogP contribution in [0.2, 0.25) is 0 Å². The highest BCUT2D eigenvalue weighted by atomic mass is 19.4. The van der Waals surface area contributed by atoms with Crippen LogP contribution in [0.25, 0.3) is 27.8 Å². The number of imidazole rings is 1. The number of pyridine rings is 1. The summed E-state index contributed by atoms with van der Waals surface area (Å²) in [7, 11) is 0. The Morgan fingerprint density at radius 2 is 1.92 bits per heavy atom. The van der Waals surface area contributed by atoms with E-state index in [1.165, 1.54) is 17.6 Å².